The molecule has 0 bridgehead atoms. The Balaban J connectivity index is 2.39. The molecule has 1 heterocycles. The number of morpholine rings is 1. The molecule has 2 unspecified atom stereocenters. The average Bonchev–Trinajstić information content (AvgIpc) is 1.91. The van der Waals surface area contributed by atoms with Crippen molar-refractivity contribution >= 4 is 34.8 Å². The molecule has 0 saturated carbocycles. The molecule has 1 aliphatic heterocycles. The fraction of sp³-hybridized carbons (Fsp3) is 1.00. The molecule has 6 heteroatoms. The molecule has 12 heavy (non-hydrogen) atoms. The van der Waals surface area contributed by atoms with Crippen LogP contribution in [0.15, 0.2) is 0 Å². The Morgan fingerprint density at radius 1 is 1.50 bits per heavy atom. The predicted octanol–water partition coefficient (Wildman–Crippen LogP) is 1.02. The monoisotopic (exact) mass is 232 g/mol. The van der Waals surface area contributed by atoms with Crippen LogP contribution in [-0.2, 0) is 4.74 Å². The van der Waals surface area contributed by atoms with Gasteiger partial charge in [-0.25, -0.2) is 0 Å². The molecular weight excluding hydrogens is 222 g/mol. The predicted molar refractivity (Wildman–Crippen MR) is 50.6 cm³/mol. The summed E-state index contributed by atoms with van der Waals surface area (Å²) in [5.74, 6) is 0. The Labute approximate surface area is 86.5 Å². The minimum absolute atomic E-state index is 0.0775. The Bertz CT molecular complexity index is 150. The number of rotatable bonds is 1. The van der Waals surface area contributed by atoms with Gasteiger partial charge in [-0.1, -0.05) is 34.8 Å². The largest absolute Gasteiger partial charge is 0.361 e. The molecular formula is C6H11Cl3N2O. The van der Waals surface area contributed by atoms with E-state index in [0.29, 0.717) is 13.0 Å². The molecule has 3 N–H and O–H groups in total. The van der Waals surface area contributed by atoms with Gasteiger partial charge in [0.15, 0.2) is 3.79 Å². The summed E-state index contributed by atoms with van der Waals surface area (Å²) >= 11 is 16.8. The highest BCUT2D eigenvalue weighted by Gasteiger charge is 2.31. The normalized spacial score (nSPS) is 32.0. The minimum atomic E-state index is -1.27. The lowest BCUT2D eigenvalue weighted by atomic mass is 10.2. The van der Waals surface area contributed by atoms with E-state index >= 15 is 0 Å². The SMILES string of the molecule is NC1OCCNC1CC(Cl)(Cl)Cl. The van der Waals surface area contributed by atoms with Crippen LogP contribution < -0.4 is 11.1 Å². The van der Waals surface area contributed by atoms with E-state index in [4.69, 9.17) is 45.3 Å². The molecule has 1 saturated heterocycles. The molecule has 0 aromatic rings. The van der Waals surface area contributed by atoms with E-state index in [9.17, 15) is 0 Å². The summed E-state index contributed by atoms with van der Waals surface area (Å²) in [5.41, 5.74) is 5.63. The summed E-state index contributed by atoms with van der Waals surface area (Å²) in [6.07, 6.45) is -0.0203. The van der Waals surface area contributed by atoms with Gasteiger partial charge in [0, 0.05) is 13.0 Å². The number of nitrogens with one attached hydrogen (secondary N) is 1. The molecule has 72 valence electrons. The van der Waals surface area contributed by atoms with E-state index in [-0.39, 0.29) is 12.3 Å². The maximum Gasteiger partial charge on any atom is 0.192 e. The Hall–Kier alpha value is 0.750. The first-order valence-electron chi connectivity index (χ1n) is 3.66. The molecule has 1 aliphatic rings. The van der Waals surface area contributed by atoms with Crippen molar-refractivity contribution in [3.8, 4) is 0 Å². The van der Waals surface area contributed by atoms with Crippen LogP contribution in [0.25, 0.3) is 0 Å². The van der Waals surface area contributed by atoms with Gasteiger partial charge in [-0.2, -0.15) is 0 Å². The number of hydrogen-bond acceptors (Lipinski definition) is 3. The van der Waals surface area contributed by atoms with Crippen molar-refractivity contribution in [2.45, 2.75) is 22.5 Å². The van der Waals surface area contributed by atoms with Crippen LogP contribution in [0.1, 0.15) is 6.42 Å². The van der Waals surface area contributed by atoms with Gasteiger partial charge in [-0.05, 0) is 0 Å². The number of alkyl halides is 3. The van der Waals surface area contributed by atoms with Gasteiger partial charge in [0.25, 0.3) is 0 Å². The lowest BCUT2D eigenvalue weighted by molar-refractivity contribution is -0.00144. The summed E-state index contributed by atoms with van der Waals surface area (Å²) in [6, 6.07) is -0.0775. The Morgan fingerprint density at radius 3 is 2.67 bits per heavy atom. The summed E-state index contributed by atoms with van der Waals surface area (Å²) in [6.45, 7) is 1.36. The minimum Gasteiger partial charge on any atom is -0.361 e. The summed E-state index contributed by atoms with van der Waals surface area (Å²) in [5, 5.41) is 3.12. The molecule has 0 spiro atoms. The molecule has 3 nitrogen and oxygen atoms in total. The van der Waals surface area contributed by atoms with E-state index < -0.39 is 3.79 Å². The fourth-order valence-electron chi connectivity index (χ4n) is 1.11. The van der Waals surface area contributed by atoms with Crippen molar-refractivity contribution in [2.75, 3.05) is 13.2 Å². The maximum atomic E-state index is 5.63. The van der Waals surface area contributed by atoms with Crippen molar-refractivity contribution in [1.29, 1.82) is 0 Å². The van der Waals surface area contributed by atoms with Crippen molar-refractivity contribution in [3.05, 3.63) is 0 Å². The second kappa shape index (κ2) is 4.31. The summed E-state index contributed by atoms with van der Waals surface area (Å²) < 4.78 is 3.91. The van der Waals surface area contributed by atoms with Crippen LogP contribution >= 0.6 is 34.8 Å². The van der Waals surface area contributed by atoms with Crippen molar-refractivity contribution in [2.24, 2.45) is 5.73 Å². The molecule has 0 aliphatic carbocycles. The third-order valence-corrected chi connectivity index (χ3v) is 2.13. The number of halogens is 3. The number of ether oxygens (including phenoxy) is 1. The zero-order chi connectivity index (χ0) is 9.19. The second-order valence-electron chi connectivity index (χ2n) is 2.72. The molecule has 0 aromatic carbocycles. The smallest absolute Gasteiger partial charge is 0.192 e. The Morgan fingerprint density at radius 2 is 2.17 bits per heavy atom. The average molecular weight is 234 g/mol. The van der Waals surface area contributed by atoms with Gasteiger partial charge < -0.3 is 15.8 Å². The van der Waals surface area contributed by atoms with E-state index in [1.54, 1.807) is 0 Å². The molecule has 1 fully saturated rings. The first-order valence-corrected chi connectivity index (χ1v) is 4.80. The van der Waals surface area contributed by atoms with Crippen LogP contribution in [0.4, 0.5) is 0 Å². The second-order valence-corrected chi connectivity index (χ2v) is 5.23. The van der Waals surface area contributed by atoms with Crippen LogP contribution in [0.2, 0.25) is 0 Å². The van der Waals surface area contributed by atoms with Crippen LogP contribution in [-0.4, -0.2) is 29.2 Å². The van der Waals surface area contributed by atoms with E-state index in [2.05, 4.69) is 5.32 Å². The third kappa shape index (κ3) is 3.64. The van der Waals surface area contributed by atoms with Gasteiger partial charge in [0.05, 0.1) is 12.6 Å². The van der Waals surface area contributed by atoms with Crippen molar-refractivity contribution in [1.82, 2.24) is 5.32 Å². The molecule has 2 atom stereocenters. The van der Waals surface area contributed by atoms with Crippen molar-refractivity contribution in [3.63, 3.8) is 0 Å². The lowest BCUT2D eigenvalue weighted by Gasteiger charge is -2.31. The first kappa shape index (κ1) is 10.8. The van der Waals surface area contributed by atoms with Gasteiger partial charge in [0.1, 0.15) is 6.23 Å². The van der Waals surface area contributed by atoms with Crippen molar-refractivity contribution < 1.29 is 4.74 Å². The highest BCUT2D eigenvalue weighted by atomic mass is 35.6. The van der Waals surface area contributed by atoms with E-state index in [0.717, 1.165) is 6.54 Å². The van der Waals surface area contributed by atoms with Crippen LogP contribution in [0.3, 0.4) is 0 Å². The highest BCUT2D eigenvalue weighted by Crippen LogP contribution is 2.32. The summed E-state index contributed by atoms with van der Waals surface area (Å²) in [4.78, 5) is 0. The third-order valence-electron chi connectivity index (χ3n) is 1.67. The Kier molecular flexibility index (Phi) is 3.89. The van der Waals surface area contributed by atoms with Crippen LogP contribution in [0.5, 0.6) is 0 Å². The van der Waals surface area contributed by atoms with Gasteiger partial charge in [-0.3, -0.25) is 0 Å². The zero-order valence-corrected chi connectivity index (χ0v) is 8.66. The molecule has 0 amide bonds. The quantitative estimate of drug-likeness (QED) is 0.665. The first-order chi connectivity index (χ1) is 5.49. The van der Waals surface area contributed by atoms with E-state index in [1.807, 2.05) is 0 Å². The van der Waals surface area contributed by atoms with E-state index in [1.165, 1.54) is 0 Å². The van der Waals surface area contributed by atoms with Crippen LogP contribution in [0, 0.1) is 0 Å². The number of hydrogen-bond donors (Lipinski definition) is 2. The number of nitrogens with two attached hydrogens (primary N) is 1. The molecule has 0 aromatic heterocycles. The maximum absolute atomic E-state index is 5.63. The topological polar surface area (TPSA) is 47.3 Å². The van der Waals surface area contributed by atoms with Gasteiger partial charge in [-0.15, -0.1) is 0 Å². The highest BCUT2D eigenvalue weighted by molar-refractivity contribution is 6.67. The molecule has 1 rings (SSSR count). The lowest BCUT2D eigenvalue weighted by Crippen LogP contribution is -2.53. The van der Waals surface area contributed by atoms with Gasteiger partial charge in [0.2, 0.25) is 0 Å². The van der Waals surface area contributed by atoms with Gasteiger partial charge >= 0.3 is 0 Å². The standard InChI is InChI=1S/C6H11Cl3N2O/c7-6(8,9)3-4-5(10)12-2-1-11-4/h4-5,11H,1-3,10H2. The zero-order valence-electron chi connectivity index (χ0n) is 6.40. The fourth-order valence-corrected chi connectivity index (χ4v) is 1.61. The summed E-state index contributed by atoms with van der Waals surface area (Å²) in [7, 11) is 0. The molecule has 0 radical (unpaired) electrons.